The average Bonchev–Trinajstić information content (AvgIpc) is 2.59. The van der Waals surface area contributed by atoms with Gasteiger partial charge in [-0.3, -0.25) is 9.69 Å². The Kier molecular flexibility index (Phi) is 6.65. The molecule has 1 aliphatic rings. The van der Waals surface area contributed by atoms with Gasteiger partial charge in [0, 0.05) is 12.1 Å². The minimum Gasteiger partial charge on any atom is -0.480 e. The van der Waals surface area contributed by atoms with Crippen molar-refractivity contribution in [2.24, 2.45) is 0 Å². The number of carboxylic acid groups (broad SMARTS) is 1. The van der Waals surface area contributed by atoms with Crippen molar-refractivity contribution in [3.05, 3.63) is 0 Å². The van der Waals surface area contributed by atoms with Gasteiger partial charge < -0.3 is 10.0 Å². The van der Waals surface area contributed by atoms with E-state index in [4.69, 9.17) is 5.11 Å². The monoisotopic (exact) mass is 256 g/mol. The van der Waals surface area contributed by atoms with Gasteiger partial charge in [0.2, 0.25) is 0 Å². The van der Waals surface area contributed by atoms with E-state index in [1.54, 1.807) is 0 Å². The van der Waals surface area contributed by atoms with Crippen molar-refractivity contribution in [3.63, 3.8) is 0 Å². The second-order valence-corrected chi connectivity index (χ2v) is 5.34. The number of aliphatic carboxylic acids is 1. The lowest BCUT2D eigenvalue weighted by molar-refractivity contribution is -0.139. The molecule has 1 heterocycles. The van der Waals surface area contributed by atoms with Crippen LogP contribution in [0.2, 0.25) is 0 Å². The molecule has 0 aliphatic carbocycles. The largest absolute Gasteiger partial charge is 0.480 e. The molecular formula is C14H28N2O2. The van der Waals surface area contributed by atoms with Gasteiger partial charge in [-0.05, 0) is 52.2 Å². The summed E-state index contributed by atoms with van der Waals surface area (Å²) in [5.74, 6) is -0.702. The maximum absolute atomic E-state index is 11.0. The summed E-state index contributed by atoms with van der Waals surface area (Å²) in [4.78, 5) is 15.7. The molecule has 0 amide bonds. The number of carbonyl (C=O) groups is 1. The van der Waals surface area contributed by atoms with Crippen molar-refractivity contribution in [1.29, 1.82) is 0 Å². The van der Waals surface area contributed by atoms with Crippen LogP contribution >= 0.6 is 0 Å². The molecule has 18 heavy (non-hydrogen) atoms. The molecule has 0 bridgehead atoms. The van der Waals surface area contributed by atoms with E-state index in [0.29, 0.717) is 12.1 Å². The lowest BCUT2D eigenvalue weighted by Gasteiger charge is -2.34. The first kappa shape index (κ1) is 15.4. The van der Waals surface area contributed by atoms with Crippen molar-refractivity contribution < 1.29 is 9.90 Å². The van der Waals surface area contributed by atoms with Crippen molar-refractivity contribution >= 4 is 5.97 Å². The van der Waals surface area contributed by atoms with E-state index < -0.39 is 5.97 Å². The van der Waals surface area contributed by atoms with Crippen LogP contribution in [0.4, 0.5) is 0 Å². The average molecular weight is 256 g/mol. The summed E-state index contributed by atoms with van der Waals surface area (Å²) in [6, 6.07) is 0.798. The highest BCUT2D eigenvalue weighted by Crippen LogP contribution is 2.20. The van der Waals surface area contributed by atoms with Crippen molar-refractivity contribution in [2.75, 3.05) is 26.2 Å². The molecule has 1 aliphatic heterocycles. The Morgan fingerprint density at radius 2 is 2.11 bits per heavy atom. The molecule has 0 aromatic rings. The van der Waals surface area contributed by atoms with Crippen LogP contribution in [-0.4, -0.2) is 59.1 Å². The standard InChI is InChI=1S/C14H28N2O2/c1-4-12(3)16(11-14(17)18)13-7-6-9-15(5-2)10-8-13/h12-13H,4-11H2,1-3H3,(H,17,18). The summed E-state index contributed by atoms with van der Waals surface area (Å²) in [6.07, 6.45) is 4.44. The lowest BCUT2D eigenvalue weighted by atomic mass is 10.0. The Labute approximate surface area is 111 Å². The molecule has 1 N–H and O–H groups in total. The Hall–Kier alpha value is -0.610. The van der Waals surface area contributed by atoms with E-state index >= 15 is 0 Å². The SMILES string of the molecule is CCC(C)N(CC(=O)O)C1CCCN(CC)CC1. The van der Waals surface area contributed by atoms with Gasteiger partial charge >= 0.3 is 5.97 Å². The van der Waals surface area contributed by atoms with Crippen LogP contribution in [0, 0.1) is 0 Å². The molecule has 4 nitrogen and oxygen atoms in total. The number of hydrogen-bond donors (Lipinski definition) is 1. The number of carboxylic acids is 1. The third-order valence-electron chi connectivity index (χ3n) is 4.18. The predicted octanol–water partition coefficient (Wildman–Crippen LogP) is 2.05. The van der Waals surface area contributed by atoms with Gasteiger partial charge in [0.25, 0.3) is 0 Å². The molecule has 0 aromatic carbocycles. The molecule has 2 atom stereocenters. The minimum absolute atomic E-state index is 0.186. The quantitative estimate of drug-likeness (QED) is 0.790. The van der Waals surface area contributed by atoms with Crippen LogP contribution in [0.1, 0.15) is 46.5 Å². The molecule has 0 spiro atoms. The van der Waals surface area contributed by atoms with Crippen LogP contribution in [0.5, 0.6) is 0 Å². The number of hydrogen-bond acceptors (Lipinski definition) is 3. The van der Waals surface area contributed by atoms with Gasteiger partial charge in [-0.1, -0.05) is 13.8 Å². The summed E-state index contributed by atoms with van der Waals surface area (Å²) in [5.41, 5.74) is 0. The lowest BCUT2D eigenvalue weighted by Crippen LogP contribution is -2.45. The van der Waals surface area contributed by atoms with Gasteiger partial charge in [-0.15, -0.1) is 0 Å². The fraction of sp³-hybridized carbons (Fsp3) is 0.929. The van der Waals surface area contributed by atoms with Gasteiger partial charge in [-0.2, -0.15) is 0 Å². The molecule has 4 heteroatoms. The molecule has 1 fully saturated rings. The summed E-state index contributed by atoms with van der Waals surface area (Å²) in [5, 5.41) is 9.08. The maximum atomic E-state index is 11.0. The molecule has 1 rings (SSSR count). The van der Waals surface area contributed by atoms with E-state index in [9.17, 15) is 4.79 Å². The Morgan fingerprint density at radius 3 is 2.67 bits per heavy atom. The van der Waals surface area contributed by atoms with Crippen molar-refractivity contribution in [1.82, 2.24) is 9.80 Å². The van der Waals surface area contributed by atoms with Crippen molar-refractivity contribution in [3.8, 4) is 0 Å². The predicted molar refractivity (Wildman–Crippen MR) is 73.8 cm³/mol. The highest BCUT2D eigenvalue weighted by atomic mass is 16.4. The third-order valence-corrected chi connectivity index (χ3v) is 4.18. The third kappa shape index (κ3) is 4.58. The second-order valence-electron chi connectivity index (χ2n) is 5.34. The molecular weight excluding hydrogens is 228 g/mol. The highest BCUT2D eigenvalue weighted by molar-refractivity contribution is 5.69. The molecule has 0 aromatic heterocycles. The second kappa shape index (κ2) is 7.74. The van der Waals surface area contributed by atoms with E-state index in [1.165, 1.54) is 6.42 Å². The van der Waals surface area contributed by atoms with E-state index in [1.807, 2.05) is 0 Å². The fourth-order valence-corrected chi connectivity index (χ4v) is 2.82. The van der Waals surface area contributed by atoms with Crippen LogP contribution in [0.25, 0.3) is 0 Å². The van der Waals surface area contributed by atoms with Crippen LogP contribution in [0.3, 0.4) is 0 Å². The summed E-state index contributed by atoms with van der Waals surface area (Å²) < 4.78 is 0. The van der Waals surface area contributed by atoms with Crippen LogP contribution in [-0.2, 0) is 4.79 Å². The Morgan fingerprint density at radius 1 is 1.39 bits per heavy atom. The van der Waals surface area contributed by atoms with Gasteiger partial charge in [-0.25, -0.2) is 0 Å². The zero-order valence-corrected chi connectivity index (χ0v) is 12.1. The van der Waals surface area contributed by atoms with Crippen molar-refractivity contribution in [2.45, 2.75) is 58.5 Å². The Balaban J connectivity index is 2.63. The van der Waals surface area contributed by atoms with E-state index in [2.05, 4.69) is 30.6 Å². The first-order chi connectivity index (χ1) is 8.58. The molecule has 0 saturated carbocycles. The maximum Gasteiger partial charge on any atom is 0.317 e. The van der Waals surface area contributed by atoms with Gasteiger partial charge in [0.15, 0.2) is 0 Å². The Bertz CT molecular complexity index is 258. The van der Waals surface area contributed by atoms with E-state index in [0.717, 1.165) is 38.9 Å². The zero-order valence-electron chi connectivity index (χ0n) is 12.1. The van der Waals surface area contributed by atoms with Gasteiger partial charge in [0.05, 0.1) is 6.54 Å². The van der Waals surface area contributed by atoms with E-state index in [-0.39, 0.29) is 6.54 Å². The summed E-state index contributed by atoms with van der Waals surface area (Å²) >= 11 is 0. The molecule has 1 saturated heterocycles. The minimum atomic E-state index is -0.702. The first-order valence-corrected chi connectivity index (χ1v) is 7.28. The summed E-state index contributed by atoms with van der Waals surface area (Å²) in [7, 11) is 0. The molecule has 106 valence electrons. The smallest absolute Gasteiger partial charge is 0.317 e. The number of likely N-dealkylation sites (tertiary alicyclic amines) is 1. The first-order valence-electron chi connectivity index (χ1n) is 7.28. The fourth-order valence-electron chi connectivity index (χ4n) is 2.82. The zero-order chi connectivity index (χ0) is 13.5. The van der Waals surface area contributed by atoms with Crippen LogP contribution in [0.15, 0.2) is 0 Å². The summed E-state index contributed by atoms with van der Waals surface area (Å²) in [6.45, 7) is 10.0. The van der Waals surface area contributed by atoms with Gasteiger partial charge in [0.1, 0.15) is 0 Å². The number of rotatable bonds is 6. The number of nitrogens with zero attached hydrogens (tertiary/aromatic N) is 2. The van der Waals surface area contributed by atoms with Crippen LogP contribution < -0.4 is 0 Å². The normalized spacial score (nSPS) is 23.9. The molecule has 0 radical (unpaired) electrons. The topological polar surface area (TPSA) is 43.8 Å². The highest BCUT2D eigenvalue weighted by Gasteiger charge is 2.26. The molecule has 2 unspecified atom stereocenters.